The largest absolute Gasteiger partial charge is 0.475 e. The molecular weight excluding hydrogens is 560 g/mol. The maximum atomic E-state index is 13.0. The van der Waals surface area contributed by atoms with Gasteiger partial charge in [0.15, 0.2) is 0 Å². The lowest BCUT2D eigenvalue weighted by molar-refractivity contribution is 0.0926. The number of imidazole rings is 1. The van der Waals surface area contributed by atoms with Gasteiger partial charge < -0.3 is 10.1 Å². The summed E-state index contributed by atoms with van der Waals surface area (Å²) >= 11 is 6.62. The van der Waals surface area contributed by atoms with Crippen LogP contribution in [0.1, 0.15) is 53.9 Å². The maximum Gasteiger partial charge on any atom is 0.253 e. The zero-order valence-corrected chi connectivity index (χ0v) is 24.8. The number of allylic oxidation sites excluding steroid dienone is 1. The number of nitrogens with one attached hydrogen (secondary N) is 1. The van der Waals surface area contributed by atoms with Gasteiger partial charge in [0.25, 0.3) is 5.91 Å². The topological polar surface area (TPSA) is 94.3 Å². The number of halogens is 1. The Morgan fingerprint density at radius 1 is 1.12 bits per heavy atom. The Labute approximate surface area is 255 Å². The van der Waals surface area contributed by atoms with Gasteiger partial charge in [0.2, 0.25) is 11.8 Å². The Morgan fingerprint density at radius 3 is 2.70 bits per heavy atom. The minimum absolute atomic E-state index is 0.159. The highest BCUT2D eigenvalue weighted by Crippen LogP contribution is 2.54. The van der Waals surface area contributed by atoms with Crippen LogP contribution in [0.25, 0.3) is 22.7 Å². The van der Waals surface area contributed by atoms with Gasteiger partial charge in [-0.25, -0.2) is 15.0 Å². The lowest BCUT2D eigenvalue weighted by Gasteiger charge is -2.18. The van der Waals surface area contributed by atoms with Crippen LogP contribution in [0.2, 0.25) is 5.02 Å². The Morgan fingerprint density at radius 2 is 1.95 bits per heavy atom. The summed E-state index contributed by atoms with van der Waals surface area (Å²) in [5, 5.41) is 4.41. The summed E-state index contributed by atoms with van der Waals surface area (Å²) in [7, 11) is 0. The van der Waals surface area contributed by atoms with Crippen molar-refractivity contribution in [3.8, 4) is 5.88 Å². The Bertz CT molecular complexity index is 1840. The predicted molar refractivity (Wildman–Crippen MR) is 171 cm³/mol. The van der Waals surface area contributed by atoms with Crippen LogP contribution in [-0.2, 0) is 5.41 Å². The molecule has 0 saturated heterocycles. The number of hydrogen-bond donors (Lipinski definition) is 1. The fourth-order valence-corrected chi connectivity index (χ4v) is 5.61. The van der Waals surface area contributed by atoms with E-state index in [0.29, 0.717) is 22.4 Å². The fraction of sp³-hybridized carbons (Fsp3) is 0.206. The van der Waals surface area contributed by atoms with Crippen LogP contribution in [0.5, 0.6) is 5.88 Å². The average Bonchev–Trinajstić information content (AvgIpc) is 3.74. The first-order valence-electron chi connectivity index (χ1n) is 14.1. The lowest BCUT2D eigenvalue weighted by Crippen LogP contribution is -2.37. The first kappa shape index (κ1) is 28.3. The molecule has 0 aliphatic heterocycles. The molecule has 8 nitrogen and oxygen atoms in total. The van der Waals surface area contributed by atoms with E-state index in [1.54, 1.807) is 24.4 Å². The molecule has 1 saturated carbocycles. The molecule has 1 aliphatic carbocycles. The second-order valence-corrected chi connectivity index (χ2v) is 11.2. The third-order valence-electron chi connectivity index (χ3n) is 7.80. The van der Waals surface area contributed by atoms with Gasteiger partial charge in [-0.05, 0) is 86.5 Å². The summed E-state index contributed by atoms with van der Waals surface area (Å²) in [6, 6.07) is 21.1. The van der Waals surface area contributed by atoms with E-state index in [1.165, 1.54) is 5.56 Å². The zero-order chi connectivity index (χ0) is 30.0. The highest BCUT2D eigenvalue weighted by molar-refractivity contribution is 6.34. The van der Waals surface area contributed by atoms with Crippen LogP contribution in [-0.4, -0.2) is 44.8 Å². The number of pyridine rings is 2. The average molecular weight is 591 g/mol. The van der Waals surface area contributed by atoms with Crippen molar-refractivity contribution in [1.82, 2.24) is 24.8 Å². The Hall–Kier alpha value is -4.82. The smallest absolute Gasteiger partial charge is 0.253 e. The first-order valence-corrected chi connectivity index (χ1v) is 14.5. The van der Waals surface area contributed by atoms with Crippen LogP contribution < -0.4 is 10.1 Å². The van der Waals surface area contributed by atoms with Gasteiger partial charge in [-0.3, -0.25) is 14.3 Å². The number of carbonyl (C=O) groups excluding carboxylic acids is 1. The standard InChI is InChI=1S/C34H31ClN6O2/c1-22(24-9-11-27(28(35)18-24)32(42)40-23(2)21-43-31-8-4-5-15-38-31)20-41-30(19-39-33(41)36-3)34(13-14-34)26-10-12-29-25(17-26)7-6-16-37-29/h4-12,15-20,23H,3,13-14,21H2,1-2H3,(H,40,42)/b22-20+. The van der Waals surface area contributed by atoms with E-state index in [-0.39, 0.29) is 24.0 Å². The molecule has 1 aliphatic rings. The summed E-state index contributed by atoms with van der Waals surface area (Å²) in [6.07, 6.45) is 9.39. The molecule has 1 unspecified atom stereocenters. The van der Waals surface area contributed by atoms with Gasteiger partial charge in [0.1, 0.15) is 6.61 Å². The number of rotatable bonds is 10. The summed E-state index contributed by atoms with van der Waals surface area (Å²) in [5.74, 6) is 0.755. The van der Waals surface area contributed by atoms with Crippen LogP contribution in [0.4, 0.5) is 5.95 Å². The minimum Gasteiger partial charge on any atom is -0.475 e. The lowest BCUT2D eigenvalue weighted by atomic mass is 9.91. The third-order valence-corrected chi connectivity index (χ3v) is 8.12. The van der Waals surface area contributed by atoms with Crippen LogP contribution in [0, 0.1) is 0 Å². The quantitative estimate of drug-likeness (QED) is 0.175. The normalized spacial score (nSPS) is 14.7. The predicted octanol–water partition coefficient (Wildman–Crippen LogP) is 7.11. The van der Waals surface area contributed by atoms with Crippen molar-refractivity contribution < 1.29 is 9.53 Å². The number of nitrogens with zero attached hydrogens (tertiary/aromatic N) is 5. The van der Waals surface area contributed by atoms with E-state index in [0.717, 1.165) is 40.6 Å². The van der Waals surface area contributed by atoms with Crippen LogP contribution in [0.15, 0.2) is 90.3 Å². The first-order chi connectivity index (χ1) is 20.9. The second kappa shape index (κ2) is 11.8. The molecule has 216 valence electrons. The Balaban J connectivity index is 1.22. The van der Waals surface area contributed by atoms with E-state index in [2.05, 4.69) is 56.2 Å². The fourth-order valence-electron chi connectivity index (χ4n) is 5.34. The van der Waals surface area contributed by atoms with Crippen molar-refractivity contribution >= 4 is 52.8 Å². The molecular formula is C34H31ClN6O2. The van der Waals surface area contributed by atoms with Gasteiger partial charge in [-0.15, -0.1) is 0 Å². The van der Waals surface area contributed by atoms with Gasteiger partial charge in [0.05, 0.1) is 34.0 Å². The van der Waals surface area contributed by atoms with Gasteiger partial charge >= 0.3 is 0 Å². The molecule has 2 aromatic carbocycles. The van der Waals surface area contributed by atoms with E-state index in [1.807, 2.05) is 61.3 Å². The van der Waals surface area contributed by atoms with Crippen molar-refractivity contribution in [1.29, 1.82) is 0 Å². The molecule has 0 spiro atoms. The molecule has 43 heavy (non-hydrogen) atoms. The molecule has 6 rings (SSSR count). The number of aliphatic imine (C=N–C) groups is 1. The maximum absolute atomic E-state index is 13.0. The molecule has 1 N–H and O–H groups in total. The highest BCUT2D eigenvalue weighted by Gasteiger charge is 2.48. The second-order valence-electron chi connectivity index (χ2n) is 10.8. The summed E-state index contributed by atoms with van der Waals surface area (Å²) in [6.45, 7) is 7.90. The molecule has 1 fully saturated rings. The molecule has 3 heterocycles. The summed E-state index contributed by atoms with van der Waals surface area (Å²) in [5.41, 5.74) is 5.31. The van der Waals surface area contributed by atoms with E-state index < -0.39 is 0 Å². The van der Waals surface area contributed by atoms with Crippen molar-refractivity contribution in [2.45, 2.75) is 38.1 Å². The van der Waals surface area contributed by atoms with Crippen molar-refractivity contribution in [3.05, 3.63) is 113 Å². The number of aromatic nitrogens is 4. The molecule has 5 aromatic rings. The van der Waals surface area contributed by atoms with Crippen molar-refractivity contribution in [2.24, 2.45) is 4.99 Å². The van der Waals surface area contributed by atoms with Crippen molar-refractivity contribution in [2.75, 3.05) is 6.61 Å². The molecule has 9 heteroatoms. The molecule has 3 aromatic heterocycles. The van der Waals surface area contributed by atoms with E-state index >= 15 is 0 Å². The molecule has 0 radical (unpaired) electrons. The van der Waals surface area contributed by atoms with E-state index in [4.69, 9.17) is 16.3 Å². The van der Waals surface area contributed by atoms with Crippen LogP contribution >= 0.6 is 11.6 Å². The zero-order valence-electron chi connectivity index (χ0n) is 24.0. The Kier molecular flexibility index (Phi) is 7.78. The number of benzene rings is 2. The summed E-state index contributed by atoms with van der Waals surface area (Å²) in [4.78, 5) is 30.3. The monoisotopic (exact) mass is 590 g/mol. The number of carbonyl (C=O) groups is 1. The summed E-state index contributed by atoms with van der Waals surface area (Å²) < 4.78 is 7.66. The van der Waals surface area contributed by atoms with Crippen LogP contribution in [0.3, 0.4) is 0 Å². The SMILES string of the molecule is C=Nc1ncc(C2(c3ccc4ncccc4c3)CC2)n1/C=C(\C)c1ccc(C(=O)NC(C)COc2ccccn2)c(Cl)c1. The number of hydrogen-bond acceptors (Lipinski definition) is 6. The molecule has 1 atom stereocenters. The minimum atomic E-state index is -0.272. The number of fused-ring (bicyclic) bond motifs is 1. The van der Waals surface area contributed by atoms with Gasteiger partial charge in [-0.2, -0.15) is 0 Å². The highest BCUT2D eigenvalue weighted by atomic mass is 35.5. The van der Waals surface area contributed by atoms with Gasteiger partial charge in [-0.1, -0.05) is 35.9 Å². The van der Waals surface area contributed by atoms with E-state index in [9.17, 15) is 4.79 Å². The number of amides is 1. The molecule has 0 bridgehead atoms. The third kappa shape index (κ3) is 5.79. The molecule has 1 amide bonds. The van der Waals surface area contributed by atoms with Crippen molar-refractivity contribution in [3.63, 3.8) is 0 Å². The number of ether oxygens (including phenoxy) is 1. The van der Waals surface area contributed by atoms with Gasteiger partial charge in [0, 0.05) is 35.5 Å².